The first-order chi connectivity index (χ1) is 13.2. The van der Waals surface area contributed by atoms with Crippen LogP contribution < -0.4 is 20.9 Å². The van der Waals surface area contributed by atoms with E-state index in [-0.39, 0.29) is 0 Å². The quantitative estimate of drug-likeness (QED) is 0.508. The van der Waals surface area contributed by atoms with Gasteiger partial charge in [0.15, 0.2) is 0 Å². The zero-order valence-electron chi connectivity index (χ0n) is 14.8. The van der Waals surface area contributed by atoms with Crippen molar-refractivity contribution >= 4 is 33.4 Å². The van der Waals surface area contributed by atoms with Crippen LogP contribution in [0.2, 0.25) is 0 Å². The highest BCUT2D eigenvalue weighted by molar-refractivity contribution is 5.86. The molecule has 0 aliphatic heterocycles. The Morgan fingerprint density at radius 2 is 1.11 bits per heavy atom. The third-order valence-corrected chi connectivity index (χ3v) is 4.21. The standard InChI is InChI=1S/C21H20N4O2/c22-18-10-8-14-4-1-6-16(20(14)24-18)26-12-3-13-27-17-7-2-5-15-9-11-19(23)25-21(15)17/h1-2,4-11H,3,12-13H2,(H2,22,24)(H2,23,25). The van der Waals surface area contributed by atoms with Gasteiger partial charge in [-0.2, -0.15) is 0 Å². The molecule has 0 unspecified atom stereocenters. The summed E-state index contributed by atoms with van der Waals surface area (Å²) in [6.45, 7) is 1.02. The van der Waals surface area contributed by atoms with Crippen molar-refractivity contribution in [3.8, 4) is 11.5 Å². The number of hydrogen-bond donors (Lipinski definition) is 2. The zero-order chi connectivity index (χ0) is 18.6. The highest BCUT2D eigenvalue weighted by Gasteiger charge is 2.06. The predicted molar refractivity (Wildman–Crippen MR) is 108 cm³/mol. The first kappa shape index (κ1) is 16.9. The molecule has 0 saturated carbocycles. The Bertz CT molecular complexity index is 1010. The van der Waals surface area contributed by atoms with E-state index in [1.54, 1.807) is 12.1 Å². The summed E-state index contributed by atoms with van der Waals surface area (Å²) < 4.78 is 11.8. The highest BCUT2D eigenvalue weighted by Crippen LogP contribution is 2.26. The van der Waals surface area contributed by atoms with E-state index in [4.69, 9.17) is 20.9 Å². The van der Waals surface area contributed by atoms with Gasteiger partial charge in [-0.1, -0.05) is 24.3 Å². The van der Waals surface area contributed by atoms with Crippen molar-refractivity contribution < 1.29 is 9.47 Å². The molecule has 0 fully saturated rings. The number of aromatic nitrogens is 2. The summed E-state index contributed by atoms with van der Waals surface area (Å²) >= 11 is 0. The number of hydrogen-bond acceptors (Lipinski definition) is 6. The number of nitrogens with zero attached hydrogens (tertiary/aromatic N) is 2. The highest BCUT2D eigenvalue weighted by atomic mass is 16.5. The Labute approximate surface area is 156 Å². The lowest BCUT2D eigenvalue weighted by molar-refractivity contribution is 0.250. The van der Waals surface area contributed by atoms with E-state index < -0.39 is 0 Å². The fourth-order valence-corrected chi connectivity index (χ4v) is 2.93. The van der Waals surface area contributed by atoms with Crippen LogP contribution in [0.1, 0.15) is 6.42 Å². The van der Waals surface area contributed by atoms with Gasteiger partial charge in [-0.15, -0.1) is 0 Å². The number of ether oxygens (including phenoxy) is 2. The molecule has 0 aliphatic rings. The van der Waals surface area contributed by atoms with Crippen LogP contribution >= 0.6 is 0 Å². The molecule has 0 atom stereocenters. The molecule has 2 aromatic heterocycles. The molecule has 0 aliphatic carbocycles. The van der Waals surface area contributed by atoms with Crippen LogP contribution in [-0.2, 0) is 0 Å². The molecule has 0 saturated heterocycles. The normalized spacial score (nSPS) is 11.0. The molecule has 136 valence electrons. The van der Waals surface area contributed by atoms with E-state index in [1.165, 1.54) is 0 Å². The number of nitrogen functional groups attached to an aromatic ring is 2. The molecule has 2 heterocycles. The molecule has 0 amide bonds. The summed E-state index contributed by atoms with van der Waals surface area (Å²) in [5, 5.41) is 2.00. The van der Waals surface area contributed by atoms with Gasteiger partial charge in [0.05, 0.1) is 13.2 Å². The first-order valence-corrected chi connectivity index (χ1v) is 8.77. The van der Waals surface area contributed by atoms with Crippen molar-refractivity contribution in [2.24, 2.45) is 0 Å². The number of nitrogens with two attached hydrogens (primary N) is 2. The topological polar surface area (TPSA) is 96.3 Å². The second-order valence-corrected chi connectivity index (χ2v) is 6.18. The number of anilines is 2. The lowest BCUT2D eigenvalue weighted by Crippen LogP contribution is -2.06. The molecular weight excluding hydrogens is 340 g/mol. The van der Waals surface area contributed by atoms with Crippen LogP contribution in [0, 0.1) is 0 Å². The lowest BCUT2D eigenvalue weighted by atomic mass is 10.2. The molecule has 4 N–H and O–H groups in total. The van der Waals surface area contributed by atoms with Crippen molar-refractivity contribution in [3.05, 3.63) is 60.7 Å². The average Bonchev–Trinajstić information content (AvgIpc) is 2.68. The SMILES string of the molecule is Nc1ccc2cccc(OCCCOc3cccc4ccc(N)nc34)c2n1. The molecular formula is C21H20N4O2. The van der Waals surface area contributed by atoms with Crippen molar-refractivity contribution in [2.75, 3.05) is 24.7 Å². The summed E-state index contributed by atoms with van der Waals surface area (Å²) in [6.07, 6.45) is 0.720. The van der Waals surface area contributed by atoms with E-state index >= 15 is 0 Å². The molecule has 0 bridgehead atoms. The van der Waals surface area contributed by atoms with Crippen LogP contribution in [0.3, 0.4) is 0 Å². The minimum Gasteiger partial charge on any atom is -0.491 e. The number of benzene rings is 2. The van der Waals surface area contributed by atoms with Gasteiger partial charge >= 0.3 is 0 Å². The van der Waals surface area contributed by atoms with Gasteiger partial charge in [0, 0.05) is 17.2 Å². The van der Waals surface area contributed by atoms with Crippen LogP contribution in [0.15, 0.2) is 60.7 Å². The van der Waals surface area contributed by atoms with Crippen LogP contribution in [0.4, 0.5) is 11.6 Å². The van der Waals surface area contributed by atoms with E-state index in [0.717, 1.165) is 39.7 Å². The van der Waals surface area contributed by atoms with Crippen LogP contribution in [0.25, 0.3) is 21.8 Å². The van der Waals surface area contributed by atoms with Gasteiger partial charge in [-0.3, -0.25) is 0 Å². The number of fused-ring (bicyclic) bond motifs is 2. The van der Waals surface area contributed by atoms with Gasteiger partial charge in [0.25, 0.3) is 0 Å². The average molecular weight is 360 g/mol. The lowest BCUT2D eigenvalue weighted by Gasteiger charge is -2.11. The van der Waals surface area contributed by atoms with Gasteiger partial charge in [0.2, 0.25) is 0 Å². The van der Waals surface area contributed by atoms with Crippen LogP contribution in [0.5, 0.6) is 11.5 Å². The van der Waals surface area contributed by atoms with Gasteiger partial charge in [0.1, 0.15) is 34.2 Å². The molecule has 27 heavy (non-hydrogen) atoms. The summed E-state index contributed by atoms with van der Waals surface area (Å²) in [6, 6.07) is 19.1. The molecule has 2 aromatic carbocycles. The van der Waals surface area contributed by atoms with Gasteiger partial charge in [-0.05, 0) is 36.4 Å². The molecule has 4 aromatic rings. The molecule has 0 spiro atoms. The van der Waals surface area contributed by atoms with E-state index in [2.05, 4.69) is 9.97 Å². The summed E-state index contributed by atoms with van der Waals surface area (Å²) in [4.78, 5) is 8.73. The van der Waals surface area contributed by atoms with Crippen molar-refractivity contribution in [3.63, 3.8) is 0 Å². The minimum absolute atomic E-state index is 0.476. The fraction of sp³-hybridized carbons (Fsp3) is 0.143. The molecule has 4 rings (SSSR count). The molecule has 6 nitrogen and oxygen atoms in total. The Kier molecular flexibility index (Phi) is 4.61. The van der Waals surface area contributed by atoms with Crippen molar-refractivity contribution in [1.82, 2.24) is 9.97 Å². The second kappa shape index (κ2) is 7.37. The zero-order valence-corrected chi connectivity index (χ0v) is 14.8. The smallest absolute Gasteiger partial charge is 0.145 e. The van der Waals surface area contributed by atoms with Crippen molar-refractivity contribution in [1.29, 1.82) is 0 Å². The number of pyridine rings is 2. The maximum absolute atomic E-state index is 5.89. The molecule has 6 heteroatoms. The maximum Gasteiger partial charge on any atom is 0.145 e. The maximum atomic E-state index is 5.89. The first-order valence-electron chi connectivity index (χ1n) is 8.77. The predicted octanol–water partition coefficient (Wildman–Crippen LogP) is 3.80. The minimum atomic E-state index is 0.476. The van der Waals surface area contributed by atoms with Gasteiger partial charge < -0.3 is 20.9 Å². The van der Waals surface area contributed by atoms with Crippen LogP contribution in [-0.4, -0.2) is 23.2 Å². The monoisotopic (exact) mass is 360 g/mol. The Balaban J connectivity index is 1.38. The second-order valence-electron chi connectivity index (χ2n) is 6.18. The third-order valence-electron chi connectivity index (χ3n) is 4.21. The fourth-order valence-electron chi connectivity index (χ4n) is 2.93. The Hall–Kier alpha value is -3.54. The van der Waals surface area contributed by atoms with Crippen molar-refractivity contribution in [2.45, 2.75) is 6.42 Å². The van der Waals surface area contributed by atoms with E-state index in [9.17, 15) is 0 Å². The number of para-hydroxylation sites is 2. The number of rotatable bonds is 6. The van der Waals surface area contributed by atoms with E-state index in [1.807, 2.05) is 48.5 Å². The largest absolute Gasteiger partial charge is 0.491 e. The Morgan fingerprint density at radius 1 is 0.630 bits per heavy atom. The summed E-state index contributed by atoms with van der Waals surface area (Å²) in [7, 11) is 0. The summed E-state index contributed by atoms with van der Waals surface area (Å²) in [5.41, 5.74) is 13.1. The van der Waals surface area contributed by atoms with Gasteiger partial charge in [-0.25, -0.2) is 9.97 Å². The third kappa shape index (κ3) is 3.69. The Morgan fingerprint density at radius 3 is 1.59 bits per heavy atom. The molecule has 0 radical (unpaired) electrons. The van der Waals surface area contributed by atoms with E-state index in [0.29, 0.717) is 24.8 Å². The summed E-state index contributed by atoms with van der Waals surface area (Å²) in [5.74, 6) is 2.40.